The predicted molar refractivity (Wildman–Crippen MR) is 86.9 cm³/mol. The van der Waals surface area contributed by atoms with Gasteiger partial charge in [0.1, 0.15) is 0 Å². The van der Waals surface area contributed by atoms with Crippen LogP contribution in [0, 0.1) is 0 Å². The highest BCUT2D eigenvalue weighted by Gasteiger charge is 2.38. The van der Waals surface area contributed by atoms with Crippen molar-refractivity contribution >= 4 is 21.8 Å². The zero-order chi connectivity index (χ0) is 15.5. The van der Waals surface area contributed by atoms with Crippen LogP contribution in [-0.2, 0) is 10.2 Å². The van der Waals surface area contributed by atoms with Crippen molar-refractivity contribution in [2.24, 2.45) is 0 Å². The van der Waals surface area contributed by atoms with Crippen LogP contribution in [0.5, 0.6) is 0 Å². The lowest BCUT2D eigenvalue weighted by atomic mass is 10.1. The van der Waals surface area contributed by atoms with Crippen molar-refractivity contribution in [3.8, 4) is 0 Å². The second-order valence-electron chi connectivity index (χ2n) is 6.10. The first-order valence-corrected chi connectivity index (χ1v) is 9.97. The molecule has 0 bridgehead atoms. The van der Waals surface area contributed by atoms with Crippen molar-refractivity contribution < 1.29 is 8.42 Å². The molecular formula is C14H28ClN3O2S. The van der Waals surface area contributed by atoms with Crippen molar-refractivity contribution in [2.45, 2.75) is 51.1 Å². The van der Waals surface area contributed by atoms with E-state index in [0.717, 1.165) is 51.7 Å². The average Bonchev–Trinajstić information content (AvgIpc) is 2.54. The van der Waals surface area contributed by atoms with Gasteiger partial charge in [-0.15, -0.1) is 11.6 Å². The largest absolute Gasteiger partial charge is 0.303 e. The summed E-state index contributed by atoms with van der Waals surface area (Å²) in [5.41, 5.74) is 0. The highest BCUT2D eigenvalue weighted by atomic mass is 35.5. The van der Waals surface area contributed by atoms with Gasteiger partial charge in [-0.1, -0.05) is 13.3 Å². The Balaban J connectivity index is 2.04. The molecule has 0 aliphatic carbocycles. The highest BCUT2D eigenvalue weighted by molar-refractivity contribution is 7.86. The number of hydrogen-bond acceptors (Lipinski definition) is 3. The van der Waals surface area contributed by atoms with Crippen LogP contribution in [0.3, 0.4) is 0 Å². The van der Waals surface area contributed by atoms with E-state index in [-0.39, 0.29) is 12.1 Å². The van der Waals surface area contributed by atoms with Crippen LogP contribution in [0.15, 0.2) is 0 Å². The molecule has 124 valence electrons. The van der Waals surface area contributed by atoms with Crippen molar-refractivity contribution in [3.63, 3.8) is 0 Å². The number of hydrogen-bond donors (Lipinski definition) is 0. The highest BCUT2D eigenvalue weighted by Crippen LogP contribution is 2.26. The van der Waals surface area contributed by atoms with Gasteiger partial charge in [-0.2, -0.15) is 17.0 Å². The van der Waals surface area contributed by atoms with E-state index in [9.17, 15) is 8.42 Å². The van der Waals surface area contributed by atoms with E-state index < -0.39 is 10.2 Å². The van der Waals surface area contributed by atoms with E-state index in [1.54, 1.807) is 15.7 Å². The summed E-state index contributed by atoms with van der Waals surface area (Å²) >= 11 is 5.98. The molecule has 0 aromatic rings. The van der Waals surface area contributed by atoms with Crippen molar-refractivity contribution in [1.29, 1.82) is 0 Å². The van der Waals surface area contributed by atoms with Gasteiger partial charge in [-0.05, 0) is 45.3 Å². The fourth-order valence-electron chi connectivity index (χ4n) is 3.39. The molecule has 7 heteroatoms. The number of halogens is 1. The Morgan fingerprint density at radius 3 is 2.38 bits per heavy atom. The molecule has 0 aromatic carbocycles. The minimum absolute atomic E-state index is 0.0383. The number of alkyl halides is 1. The Morgan fingerprint density at radius 2 is 1.81 bits per heavy atom. The van der Waals surface area contributed by atoms with Crippen LogP contribution >= 0.6 is 11.6 Å². The van der Waals surface area contributed by atoms with E-state index in [2.05, 4.69) is 11.8 Å². The van der Waals surface area contributed by atoms with Gasteiger partial charge < -0.3 is 4.90 Å². The average molecular weight is 338 g/mol. The summed E-state index contributed by atoms with van der Waals surface area (Å²) in [5.74, 6) is 0.390. The molecular weight excluding hydrogens is 310 g/mol. The molecule has 0 N–H and O–H groups in total. The zero-order valence-corrected chi connectivity index (χ0v) is 14.7. The standard InChI is InChI=1S/C14H28ClN3O2S/c1-3-17-10-7-13(8-11-17)16(2)21(19,20)18-9-5-4-6-14(18)12-15/h13-14H,3-12H2,1-2H3. The monoisotopic (exact) mass is 337 g/mol. The number of nitrogens with zero attached hydrogens (tertiary/aromatic N) is 3. The molecule has 0 spiro atoms. The molecule has 2 rings (SSSR count). The molecule has 2 aliphatic rings. The van der Waals surface area contributed by atoms with Gasteiger partial charge in [0.25, 0.3) is 10.2 Å². The number of rotatable bonds is 5. The Kier molecular flexibility index (Phi) is 6.32. The summed E-state index contributed by atoms with van der Waals surface area (Å²) < 4.78 is 29.0. The topological polar surface area (TPSA) is 43.9 Å². The first-order valence-electron chi connectivity index (χ1n) is 8.03. The lowest BCUT2D eigenvalue weighted by Gasteiger charge is -2.40. The van der Waals surface area contributed by atoms with Gasteiger partial charge in [0.05, 0.1) is 0 Å². The molecule has 0 amide bonds. The first kappa shape index (κ1) is 17.5. The predicted octanol–water partition coefficient (Wildman–Crippen LogP) is 1.74. The van der Waals surface area contributed by atoms with E-state index in [4.69, 9.17) is 11.6 Å². The fraction of sp³-hybridized carbons (Fsp3) is 1.00. The molecule has 1 unspecified atom stereocenters. The smallest absolute Gasteiger partial charge is 0.282 e. The minimum Gasteiger partial charge on any atom is -0.303 e. The second-order valence-corrected chi connectivity index (χ2v) is 8.35. The normalized spacial score (nSPS) is 27.3. The Morgan fingerprint density at radius 1 is 1.14 bits per heavy atom. The van der Waals surface area contributed by atoms with Crippen LogP contribution in [0.2, 0.25) is 0 Å². The molecule has 1 atom stereocenters. The van der Waals surface area contributed by atoms with E-state index in [1.807, 2.05) is 0 Å². The summed E-state index contributed by atoms with van der Waals surface area (Å²) in [5, 5.41) is 0. The molecule has 21 heavy (non-hydrogen) atoms. The van der Waals surface area contributed by atoms with Crippen LogP contribution in [0.25, 0.3) is 0 Å². The Hall–Kier alpha value is 0.120. The summed E-state index contributed by atoms with van der Waals surface area (Å²) in [6.07, 6.45) is 4.73. The fourth-order valence-corrected chi connectivity index (χ4v) is 5.62. The summed E-state index contributed by atoms with van der Waals surface area (Å²) in [6, 6.07) is 0.0827. The number of likely N-dealkylation sites (tertiary alicyclic amines) is 1. The minimum atomic E-state index is -3.38. The molecule has 2 aliphatic heterocycles. The maximum atomic E-state index is 12.9. The SMILES string of the molecule is CCN1CCC(N(C)S(=O)(=O)N2CCCCC2CCl)CC1. The van der Waals surface area contributed by atoms with E-state index in [1.165, 1.54) is 0 Å². The second kappa shape index (κ2) is 7.59. The molecule has 2 heterocycles. The van der Waals surface area contributed by atoms with Gasteiger partial charge in [-0.3, -0.25) is 0 Å². The molecule has 0 saturated carbocycles. The van der Waals surface area contributed by atoms with Gasteiger partial charge in [0.15, 0.2) is 0 Å². The van der Waals surface area contributed by atoms with Crippen molar-refractivity contribution in [2.75, 3.05) is 39.1 Å². The summed E-state index contributed by atoms with van der Waals surface area (Å²) in [6.45, 7) is 5.78. The maximum Gasteiger partial charge on any atom is 0.282 e. The van der Waals surface area contributed by atoms with Gasteiger partial charge in [0.2, 0.25) is 0 Å². The zero-order valence-electron chi connectivity index (χ0n) is 13.2. The van der Waals surface area contributed by atoms with Crippen LogP contribution < -0.4 is 0 Å². The Bertz CT molecular complexity index is 424. The van der Waals surface area contributed by atoms with Crippen LogP contribution in [0.4, 0.5) is 0 Å². The third-order valence-corrected chi connectivity index (χ3v) is 7.39. The lowest BCUT2D eigenvalue weighted by molar-refractivity contribution is 0.165. The lowest BCUT2D eigenvalue weighted by Crippen LogP contribution is -2.54. The number of piperidine rings is 2. The van der Waals surface area contributed by atoms with Crippen molar-refractivity contribution in [3.05, 3.63) is 0 Å². The molecule has 2 saturated heterocycles. The molecule has 0 radical (unpaired) electrons. The maximum absolute atomic E-state index is 12.9. The summed E-state index contributed by atoms with van der Waals surface area (Å²) in [4.78, 5) is 2.37. The van der Waals surface area contributed by atoms with Crippen LogP contribution in [-0.4, -0.2) is 73.1 Å². The summed E-state index contributed by atoms with van der Waals surface area (Å²) in [7, 11) is -1.65. The molecule has 2 fully saturated rings. The van der Waals surface area contributed by atoms with Gasteiger partial charge in [0, 0.05) is 31.6 Å². The van der Waals surface area contributed by atoms with Gasteiger partial charge >= 0.3 is 0 Å². The molecule has 5 nitrogen and oxygen atoms in total. The quantitative estimate of drug-likeness (QED) is 0.718. The first-order chi connectivity index (χ1) is 10.0. The third-order valence-electron chi connectivity index (χ3n) is 4.93. The molecule has 0 aromatic heterocycles. The van der Waals surface area contributed by atoms with Gasteiger partial charge in [-0.25, -0.2) is 0 Å². The van der Waals surface area contributed by atoms with Crippen LogP contribution in [0.1, 0.15) is 39.0 Å². The van der Waals surface area contributed by atoms with E-state index in [0.29, 0.717) is 12.4 Å². The van der Waals surface area contributed by atoms with E-state index >= 15 is 0 Å². The van der Waals surface area contributed by atoms with Crippen molar-refractivity contribution in [1.82, 2.24) is 13.5 Å². The Labute approximate surface area is 134 Å². The third kappa shape index (κ3) is 3.91.